The van der Waals surface area contributed by atoms with Crippen molar-refractivity contribution in [3.63, 3.8) is 0 Å². The van der Waals surface area contributed by atoms with Gasteiger partial charge in [0.25, 0.3) is 0 Å². The van der Waals surface area contributed by atoms with E-state index in [0.717, 1.165) is 52.0 Å². The third kappa shape index (κ3) is 6.45. The molecule has 2 rings (SSSR count). The van der Waals surface area contributed by atoms with E-state index in [4.69, 9.17) is 4.74 Å². The van der Waals surface area contributed by atoms with Gasteiger partial charge in [-0.15, -0.1) is 0 Å². The van der Waals surface area contributed by atoms with Gasteiger partial charge in [-0.3, -0.25) is 14.6 Å². The number of carbonyl (C=O) groups excluding carboxylic acids is 1. The summed E-state index contributed by atoms with van der Waals surface area (Å²) in [7, 11) is 1.56. The van der Waals surface area contributed by atoms with Crippen LogP contribution >= 0.6 is 0 Å². The van der Waals surface area contributed by atoms with E-state index >= 15 is 0 Å². The number of allylic oxidation sites excluding steroid dienone is 1. The molecular formula is C18H31N3O2. The molecule has 0 bridgehead atoms. The zero-order valence-electron chi connectivity index (χ0n) is 14.6. The summed E-state index contributed by atoms with van der Waals surface area (Å²) >= 11 is 0. The Morgan fingerprint density at radius 2 is 2.13 bits per heavy atom. The molecule has 0 aromatic rings. The minimum Gasteiger partial charge on any atom is -0.375 e. The minimum atomic E-state index is 0.000518. The fraction of sp³-hybridized carbons (Fsp3) is 0.722. The Morgan fingerprint density at radius 1 is 1.35 bits per heavy atom. The first kappa shape index (κ1) is 18.2. The molecule has 1 N–H and O–H groups in total. The average Bonchev–Trinajstić information content (AvgIpc) is 2.55. The number of ether oxygens (including phenoxy) is 1. The first-order valence-electron chi connectivity index (χ1n) is 8.73. The van der Waals surface area contributed by atoms with Crippen molar-refractivity contribution in [1.29, 1.82) is 0 Å². The molecule has 1 fully saturated rings. The van der Waals surface area contributed by atoms with Crippen LogP contribution in [-0.4, -0.2) is 74.7 Å². The third-order valence-corrected chi connectivity index (χ3v) is 4.56. The fourth-order valence-electron chi connectivity index (χ4n) is 3.33. The molecule has 2 aliphatic rings. The second-order valence-electron chi connectivity index (χ2n) is 6.51. The molecule has 0 aromatic carbocycles. The van der Waals surface area contributed by atoms with E-state index in [1.165, 1.54) is 6.54 Å². The molecular weight excluding hydrogens is 290 g/mol. The van der Waals surface area contributed by atoms with Crippen LogP contribution in [0.1, 0.15) is 26.2 Å². The first-order chi connectivity index (χ1) is 11.2. The molecule has 130 valence electrons. The van der Waals surface area contributed by atoms with Gasteiger partial charge in [0.15, 0.2) is 0 Å². The standard InChI is InChI=1S/C18H31N3O2/c1-3-4-9-20-10-5-6-16(13-20)14-21-11-7-17(8-12-21)19-18(22)15-23-2/h3-4,6,17H,5,7-15H2,1-2H3,(H,19,22)/b4-3+. The Balaban J connectivity index is 1.69. The highest BCUT2D eigenvalue weighted by Crippen LogP contribution is 2.15. The zero-order valence-corrected chi connectivity index (χ0v) is 14.6. The lowest BCUT2D eigenvalue weighted by atomic mass is 10.0. The summed E-state index contributed by atoms with van der Waals surface area (Å²) in [5.74, 6) is 0.000518. The quantitative estimate of drug-likeness (QED) is 0.721. The number of hydrogen-bond acceptors (Lipinski definition) is 4. The SMILES string of the molecule is C/C=C/CN1CCC=C(CN2CCC(NC(=O)COC)CC2)C1. The van der Waals surface area contributed by atoms with Gasteiger partial charge in [0.1, 0.15) is 6.61 Å². The number of amides is 1. The third-order valence-electron chi connectivity index (χ3n) is 4.56. The molecule has 1 saturated heterocycles. The summed E-state index contributed by atoms with van der Waals surface area (Å²) in [5, 5.41) is 3.05. The van der Waals surface area contributed by atoms with Gasteiger partial charge in [0.05, 0.1) is 0 Å². The second-order valence-corrected chi connectivity index (χ2v) is 6.51. The van der Waals surface area contributed by atoms with Crippen LogP contribution in [0, 0.1) is 0 Å². The highest BCUT2D eigenvalue weighted by molar-refractivity contribution is 5.77. The van der Waals surface area contributed by atoms with E-state index < -0.39 is 0 Å². The van der Waals surface area contributed by atoms with Crippen LogP contribution in [0.2, 0.25) is 0 Å². The number of nitrogens with zero attached hydrogens (tertiary/aromatic N) is 2. The van der Waals surface area contributed by atoms with Gasteiger partial charge in [0.2, 0.25) is 5.91 Å². The average molecular weight is 321 g/mol. The van der Waals surface area contributed by atoms with Gasteiger partial charge in [-0.1, -0.05) is 18.2 Å². The molecule has 0 saturated carbocycles. The topological polar surface area (TPSA) is 44.8 Å². The number of nitrogens with one attached hydrogen (secondary N) is 1. The highest BCUT2D eigenvalue weighted by atomic mass is 16.5. The van der Waals surface area contributed by atoms with Crippen LogP contribution in [0.5, 0.6) is 0 Å². The van der Waals surface area contributed by atoms with Crippen molar-refractivity contribution in [2.24, 2.45) is 0 Å². The first-order valence-corrected chi connectivity index (χ1v) is 8.73. The van der Waals surface area contributed by atoms with Crippen LogP contribution in [0.25, 0.3) is 0 Å². The molecule has 0 radical (unpaired) electrons. The van der Waals surface area contributed by atoms with Crippen molar-refractivity contribution in [3.05, 3.63) is 23.8 Å². The molecule has 2 aliphatic heterocycles. The smallest absolute Gasteiger partial charge is 0.246 e. The monoisotopic (exact) mass is 321 g/mol. The molecule has 0 spiro atoms. The zero-order chi connectivity index (χ0) is 16.5. The molecule has 2 heterocycles. The van der Waals surface area contributed by atoms with Crippen molar-refractivity contribution in [2.45, 2.75) is 32.2 Å². The van der Waals surface area contributed by atoms with Crippen molar-refractivity contribution >= 4 is 5.91 Å². The van der Waals surface area contributed by atoms with Crippen LogP contribution in [-0.2, 0) is 9.53 Å². The van der Waals surface area contributed by atoms with E-state index in [9.17, 15) is 4.79 Å². The number of piperidine rings is 1. The van der Waals surface area contributed by atoms with Crippen LogP contribution < -0.4 is 5.32 Å². The normalized spacial score (nSPS) is 21.6. The molecule has 5 heteroatoms. The maximum atomic E-state index is 11.6. The number of likely N-dealkylation sites (tertiary alicyclic amines) is 1. The van der Waals surface area contributed by atoms with Crippen LogP contribution in [0.4, 0.5) is 0 Å². The Kier molecular flexibility index (Phi) is 7.79. The second kappa shape index (κ2) is 9.85. The lowest BCUT2D eigenvalue weighted by Crippen LogP contribution is -2.46. The van der Waals surface area contributed by atoms with Crippen molar-refractivity contribution in [1.82, 2.24) is 15.1 Å². The molecule has 0 aliphatic carbocycles. The van der Waals surface area contributed by atoms with Crippen molar-refractivity contribution in [3.8, 4) is 0 Å². The molecule has 5 nitrogen and oxygen atoms in total. The van der Waals surface area contributed by atoms with Crippen molar-refractivity contribution < 1.29 is 9.53 Å². The summed E-state index contributed by atoms with van der Waals surface area (Å²) in [4.78, 5) is 16.6. The van der Waals surface area contributed by atoms with Gasteiger partial charge >= 0.3 is 0 Å². The summed E-state index contributed by atoms with van der Waals surface area (Å²) in [6.07, 6.45) is 10.0. The van der Waals surface area contributed by atoms with E-state index in [-0.39, 0.29) is 12.5 Å². The maximum Gasteiger partial charge on any atom is 0.246 e. The number of hydrogen-bond donors (Lipinski definition) is 1. The van der Waals surface area contributed by atoms with Gasteiger partial charge in [-0.05, 0) is 31.8 Å². The molecule has 0 unspecified atom stereocenters. The summed E-state index contributed by atoms with van der Waals surface area (Å²) in [6, 6.07) is 0.306. The van der Waals surface area contributed by atoms with Gasteiger partial charge in [-0.2, -0.15) is 0 Å². The fourth-order valence-corrected chi connectivity index (χ4v) is 3.33. The van der Waals surface area contributed by atoms with Crippen LogP contribution in [0.15, 0.2) is 23.8 Å². The highest BCUT2D eigenvalue weighted by Gasteiger charge is 2.22. The van der Waals surface area contributed by atoms with Gasteiger partial charge in [-0.25, -0.2) is 0 Å². The predicted octanol–water partition coefficient (Wildman–Crippen LogP) is 1.42. The van der Waals surface area contributed by atoms with Crippen LogP contribution in [0.3, 0.4) is 0 Å². The molecule has 0 aromatic heterocycles. The van der Waals surface area contributed by atoms with Gasteiger partial charge < -0.3 is 10.1 Å². The minimum absolute atomic E-state index is 0.000518. The van der Waals surface area contributed by atoms with Gasteiger partial charge in [0, 0.05) is 52.4 Å². The molecule has 23 heavy (non-hydrogen) atoms. The predicted molar refractivity (Wildman–Crippen MR) is 93.4 cm³/mol. The van der Waals surface area contributed by atoms with Crippen molar-refractivity contribution in [2.75, 3.05) is 53.0 Å². The molecule has 1 amide bonds. The Labute approximate surface area is 140 Å². The maximum absolute atomic E-state index is 11.6. The molecule has 0 atom stereocenters. The van der Waals surface area contributed by atoms with E-state index in [2.05, 4.69) is 40.3 Å². The van der Waals surface area contributed by atoms with E-state index in [1.54, 1.807) is 12.7 Å². The largest absolute Gasteiger partial charge is 0.375 e. The van der Waals surface area contributed by atoms with E-state index in [1.807, 2.05) is 0 Å². The summed E-state index contributed by atoms with van der Waals surface area (Å²) < 4.78 is 4.87. The summed E-state index contributed by atoms with van der Waals surface area (Å²) in [5.41, 5.74) is 1.54. The summed E-state index contributed by atoms with van der Waals surface area (Å²) in [6.45, 7) is 8.75. The van der Waals surface area contributed by atoms with E-state index in [0.29, 0.717) is 6.04 Å². The number of rotatable bonds is 7. The Bertz CT molecular complexity index is 426. The Hall–Kier alpha value is -1.17. The number of methoxy groups -OCH3 is 1. The lowest BCUT2D eigenvalue weighted by Gasteiger charge is -2.35. The number of carbonyl (C=O) groups is 1. The lowest BCUT2D eigenvalue weighted by molar-refractivity contribution is -0.125. The Morgan fingerprint density at radius 3 is 2.83 bits per heavy atom.